The zero-order valence-corrected chi connectivity index (χ0v) is 11.4. The molecular formula is C15H15ClN2O. The van der Waals surface area contributed by atoms with Crippen molar-refractivity contribution in [2.45, 2.75) is 19.3 Å². The first-order chi connectivity index (χ1) is 9.20. The Morgan fingerprint density at radius 2 is 1.89 bits per heavy atom. The molecule has 1 aromatic heterocycles. The van der Waals surface area contributed by atoms with Crippen LogP contribution in [-0.2, 0) is 12.4 Å². The predicted molar refractivity (Wildman–Crippen MR) is 76.1 cm³/mol. The summed E-state index contributed by atoms with van der Waals surface area (Å²) in [5, 5.41) is 2.86. The Labute approximate surface area is 117 Å². The summed E-state index contributed by atoms with van der Waals surface area (Å²) in [5.41, 5.74) is 3.45. The number of carbonyl (C=O) groups excluding carboxylic acids is 1. The molecule has 0 spiro atoms. The third-order valence-corrected chi connectivity index (χ3v) is 3.16. The second-order valence-corrected chi connectivity index (χ2v) is 4.57. The summed E-state index contributed by atoms with van der Waals surface area (Å²) in [4.78, 5) is 16.1. The standard InChI is InChI=1S/C15H15ClN2O/c1-11-3-2-8-17-14(11)15(19)18-10-13-6-4-12(9-16)5-7-13/h2-8H,9-10H2,1H3,(H,18,19). The molecule has 1 N–H and O–H groups in total. The number of amides is 1. The summed E-state index contributed by atoms with van der Waals surface area (Å²) in [6, 6.07) is 11.5. The van der Waals surface area contributed by atoms with Gasteiger partial charge in [0.25, 0.3) is 5.91 Å². The van der Waals surface area contributed by atoms with E-state index in [1.54, 1.807) is 6.20 Å². The fourth-order valence-corrected chi connectivity index (χ4v) is 1.91. The van der Waals surface area contributed by atoms with Crippen molar-refractivity contribution in [3.05, 3.63) is 65.0 Å². The highest BCUT2D eigenvalue weighted by molar-refractivity contribution is 6.17. The molecule has 0 bridgehead atoms. The van der Waals surface area contributed by atoms with E-state index in [-0.39, 0.29) is 5.91 Å². The van der Waals surface area contributed by atoms with Crippen LogP contribution in [0.1, 0.15) is 27.2 Å². The van der Waals surface area contributed by atoms with Gasteiger partial charge in [0.05, 0.1) is 0 Å². The molecule has 1 amide bonds. The topological polar surface area (TPSA) is 42.0 Å². The lowest BCUT2D eigenvalue weighted by atomic mass is 10.1. The van der Waals surface area contributed by atoms with E-state index in [0.717, 1.165) is 16.7 Å². The number of carbonyl (C=O) groups is 1. The minimum absolute atomic E-state index is 0.153. The fraction of sp³-hybridized carbons (Fsp3) is 0.200. The monoisotopic (exact) mass is 274 g/mol. The van der Waals surface area contributed by atoms with Crippen molar-refractivity contribution in [3.63, 3.8) is 0 Å². The molecule has 0 unspecified atom stereocenters. The van der Waals surface area contributed by atoms with Gasteiger partial charge in [0, 0.05) is 18.6 Å². The molecule has 19 heavy (non-hydrogen) atoms. The smallest absolute Gasteiger partial charge is 0.270 e. The number of nitrogens with one attached hydrogen (secondary N) is 1. The van der Waals surface area contributed by atoms with Gasteiger partial charge in [-0.2, -0.15) is 0 Å². The third-order valence-electron chi connectivity index (χ3n) is 2.85. The fourth-order valence-electron chi connectivity index (χ4n) is 1.74. The largest absolute Gasteiger partial charge is 0.347 e. The number of pyridine rings is 1. The Balaban J connectivity index is 1.98. The van der Waals surface area contributed by atoms with Crippen molar-refractivity contribution in [1.29, 1.82) is 0 Å². The van der Waals surface area contributed by atoms with Crippen molar-refractivity contribution >= 4 is 17.5 Å². The molecule has 0 saturated heterocycles. The Morgan fingerprint density at radius 3 is 2.53 bits per heavy atom. The van der Waals surface area contributed by atoms with Crippen LogP contribution in [0.15, 0.2) is 42.6 Å². The minimum Gasteiger partial charge on any atom is -0.347 e. The summed E-state index contributed by atoms with van der Waals surface area (Å²) >= 11 is 5.73. The molecule has 2 rings (SSSR count). The van der Waals surface area contributed by atoms with Gasteiger partial charge in [-0.15, -0.1) is 11.6 Å². The zero-order valence-electron chi connectivity index (χ0n) is 10.7. The molecule has 1 heterocycles. The first kappa shape index (κ1) is 13.6. The average molecular weight is 275 g/mol. The molecule has 4 heteroatoms. The van der Waals surface area contributed by atoms with Crippen molar-refractivity contribution in [3.8, 4) is 0 Å². The molecule has 0 atom stereocenters. The van der Waals surface area contributed by atoms with Crippen molar-refractivity contribution < 1.29 is 4.79 Å². The van der Waals surface area contributed by atoms with Crippen LogP contribution >= 0.6 is 11.6 Å². The molecular weight excluding hydrogens is 260 g/mol. The maximum absolute atomic E-state index is 12.0. The third kappa shape index (κ3) is 3.55. The Bertz CT molecular complexity index is 567. The number of benzene rings is 1. The van der Waals surface area contributed by atoms with Crippen LogP contribution in [0, 0.1) is 6.92 Å². The van der Waals surface area contributed by atoms with Crippen molar-refractivity contribution in [2.75, 3.05) is 0 Å². The first-order valence-electron chi connectivity index (χ1n) is 6.04. The van der Waals surface area contributed by atoms with E-state index >= 15 is 0 Å². The van der Waals surface area contributed by atoms with Crippen LogP contribution in [-0.4, -0.2) is 10.9 Å². The molecule has 0 aliphatic carbocycles. The number of hydrogen-bond donors (Lipinski definition) is 1. The van der Waals surface area contributed by atoms with Crippen LogP contribution in [0.25, 0.3) is 0 Å². The van der Waals surface area contributed by atoms with Gasteiger partial charge in [-0.05, 0) is 29.7 Å². The lowest BCUT2D eigenvalue weighted by molar-refractivity contribution is 0.0945. The van der Waals surface area contributed by atoms with E-state index in [0.29, 0.717) is 18.1 Å². The van der Waals surface area contributed by atoms with Crippen LogP contribution in [0.3, 0.4) is 0 Å². The van der Waals surface area contributed by atoms with Gasteiger partial charge in [-0.25, -0.2) is 0 Å². The minimum atomic E-state index is -0.153. The van der Waals surface area contributed by atoms with Crippen molar-refractivity contribution in [2.24, 2.45) is 0 Å². The quantitative estimate of drug-likeness (QED) is 0.871. The lowest BCUT2D eigenvalue weighted by Gasteiger charge is -2.07. The maximum atomic E-state index is 12.0. The number of rotatable bonds is 4. The number of hydrogen-bond acceptors (Lipinski definition) is 2. The van der Waals surface area contributed by atoms with Gasteiger partial charge in [-0.3, -0.25) is 9.78 Å². The Morgan fingerprint density at radius 1 is 1.21 bits per heavy atom. The molecule has 2 aromatic rings. The van der Waals surface area contributed by atoms with E-state index in [1.807, 2.05) is 43.3 Å². The summed E-state index contributed by atoms with van der Waals surface area (Å²) < 4.78 is 0. The van der Waals surface area contributed by atoms with Crippen LogP contribution in [0.2, 0.25) is 0 Å². The highest BCUT2D eigenvalue weighted by atomic mass is 35.5. The van der Waals surface area contributed by atoms with Gasteiger partial charge in [0.2, 0.25) is 0 Å². The van der Waals surface area contributed by atoms with E-state index < -0.39 is 0 Å². The predicted octanol–water partition coefficient (Wildman–Crippen LogP) is 3.06. The molecule has 0 radical (unpaired) electrons. The van der Waals surface area contributed by atoms with E-state index in [9.17, 15) is 4.79 Å². The number of nitrogens with zero attached hydrogens (tertiary/aromatic N) is 1. The molecule has 0 aliphatic heterocycles. The summed E-state index contributed by atoms with van der Waals surface area (Å²) in [7, 11) is 0. The highest BCUT2D eigenvalue weighted by Gasteiger charge is 2.09. The van der Waals surface area contributed by atoms with Gasteiger partial charge < -0.3 is 5.32 Å². The van der Waals surface area contributed by atoms with Gasteiger partial charge >= 0.3 is 0 Å². The van der Waals surface area contributed by atoms with E-state index in [4.69, 9.17) is 11.6 Å². The Kier molecular flexibility index (Phi) is 4.53. The molecule has 1 aromatic carbocycles. The number of aromatic nitrogens is 1. The molecule has 98 valence electrons. The molecule has 0 fully saturated rings. The van der Waals surface area contributed by atoms with E-state index in [1.165, 1.54) is 0 Å². The Hall–Kier alpha value is -1.87. The summed E-state index contributed by atoms with van der Waals surface area (Å²) in [6.07, 6.45) is 1.62. The number of alkyl halides is 1. The van der Waals surface area contributed by atoms with E-state index in [2.05, 4.69) is 10.3 Å². The van der Waals surface area contributed by atoms with Crippen molar-refractivity contribution in [1.82, 2.24) is 10.3 Å². The number of aryl methyl sites for hydroxylation is 1. The zero-order chi connectivity index (χ0) is 13.7. The van der Waals surface area contributed by atoms with Gasteiger partial charge in [0.15, 0.2) is 0 Å². The van der Waals surface area contributed by atoms with Gasteiger partial charge in [0.1, 0.15) is 5.69 Å². The average Bonchev–Trinajstić information content (AvgIpc) is 2.46. The second kappa shape index (κ2) is 6.34. The maximum Gasteiger partial charge on any atom is 0.270 e. The second-order valence-electron chi connectivity index (χ2n) is 4.30. The van der Waals surface area contributed by atoms with Crippen LogP contribution in [0.5, 0.6) is 0 Å². The SMILES string of the molecule is Cc1cccnc1C(=O)NCc1ccc(CCl)cc1. The summed E-state index contributed by atoms with van der Waals surface area (Å²) in [6.45, 7) is 2.36. The molecule has 3 nitrogen and oxygen atoms in total. The summed E-state index contributed by atoms with van der Waals surface area (Å²) in [5.74, 6) is 0.347. The number of halogens is 1. The molecule has 0 saturated carbocycles. The first-order valence-corrected chi connectivity index (χ1v) is 6.58. The van der Waals surface area contributed by atoms with Gasteiger partial charge in [-0.1, -0.05) is 30.3 Å². The van der Waals surface area contributed by atoms with Crippen LogP contribution in [0.4, 0.5) is 0 Å². The normalized spacial score (nSPS) is 10.2. The molecule has 0 aliphatic rings. The lowest BCUT2D eigenvalue weighted by Crippen LogP contribution is -2.24. The highest BCUT2D eigenvalue weighted by Crippen LogP contribution is 2.07. The van der Waals surface area contributed by atoms with Crippen LogP contribution < -0.4 is 5.32 Å².